The van der Waals surface area contributed by atoms with Crippen molar-refractivity contribution >= 4 is 16.1 Å². The lowest BCUT2D eigenvalue weighted by atomic mass is 10.3. The first-order chi connectivity index (χ1) is 10.5. The summed E-state index contributed by atoms with van der Waals surface area (Å²) in [5.41, 5.74) is 0.667. The van der Waals surface area contributed by atoms with Crippen molar-refractivity contribution in [1.82, 2.24) is 20.2 Å². The number of carbonyl (C=O) groups excluding carboxylic acids is 1. The molecule has 0 bridgehead atoms. The monoisotopic (exact) mass is 326 g/mol. The van der Waals surface area contributed by atoms with Gasteiger partial charge in [-0.2, -0.15) is 8.42 Å². The fourth-order valence-corrected chi connectivity index (χ4v) is 2.60. The average molecular weight is 326 g/mol. The van der Waals surface area contributed by atoms with Crippen LogP contribution in [0.5, 0.6) is 5.75 Å². The highest BCUT2D eigenvalue weighted by molar-refractivity contribution is 7.87. The number of hydrogen-bond acceptors (Lipinski definition) is 8. The molecule has 118 valence electrons. The summed E-state index contributed by atoms with van der Waals surface area (Å²) in [6.07, 6.45) is 1.58. The van der Waals surface area contributed by atoms with Crippen LogP contribution >= 0.6 is 0 Å². The molecule has 2 aromatic rings. The number of esters is 1. The Hall–Kier alpha value is -2.49. The third kappa shape index (κ3) is 4.52. The van der Waals surface area contributed by atoms with Crippen molar-refractivity contribution in [3.05, 3.63) is 30.6 Å². The van der Waals surface area contributed by atoms with E-state index in [1.165, 1.54) is 30.3 Å². The van der Waals surface area contributed by atoms with Crippen LogP contribution in [0.25, 0.3) is 5.69 Å². The highest BCUT2D eigenvalue weighted by atomic mass is 32.2. The van der Waals surface area contributed by atoms with Crippen LogP contribution < -0.4 is 4.18 Å². The molecule has 0 aliphatic heterocycles. The van der Waals surface area contributed by atoms with Gasteiger partial charge in [-0.25, -0.2) is 4.68 Å². The Morgan fingerprint density at radius 1 is 1.27 bits per heavy atom. The minimum atomic E-state index is -3.76. The Labute approximate surface area is 127 Å². The van der Waals surface area contributed by atoms with Gasteiger partial charge in [0.2, 0.25) is 0 Å². The van der Waals surface area contributed by atoms with Crippen LogP contribution in [0.4, 0.5) is 0 Å². The van der Waals surface area contributed by atoms with E-state index in [1.54, 1.807) is 12.1 Å². The predicted molar refractivity (Wildman–Crippen MR) is 74.8 cm³/mol. The van der Waals surface area contributed by atoms with Crippen molar-refractivity contribution in [3.8, 4) is 11.4 Å². The van der Waals surface area contributed by atoms with Gasteiger partial charge in [-0.3, -0.25) is 4.79 Å². The largest absolute Gasteiger partial charge is 0.469 e. The van der Waals surface area contributed by atoms with E-state index in [9.17, 15) is 13.2 Å². The molecule has 2 rings (SSSR count). The highest BCUT2D eigenvalue weighted by Gasteiger charge is 2.14. The van der Waals surface area contributed by atoms with Gasteiger partial charge >= 0.3 is 16.1 Å². The lowest BCUT2D eigenvalue weighted by Gasteiger charge is -2.07. The van der Waals surface area contributed by atoms with Crippen molar-refractivity contribution in [2.75, 3.05) is 12.9 Å². The molecule has 0 amide bonds. The molecule has 0 radical (unpaired) electrons. The fourth-order valence-electron chi connectivity index (χ4n) is 1.62. The summed E-state index contributed by atoms with van der Waals surface area (Å²) >= 11 is 0. The molecule has 0 spiro atoms. The molecule has 0 saturated carbocycles. The summed E-state index contributed by atoms with van der Waals surface area (Å²) in [5.74, 6) is -0.549. The fraction of sp³-hybridized carbons (Fsp3) is 0.333. The van der Waals surface area contributed by atoms with E-state index in [0.717, 1.165) is 0 Å². The number of methoxy groups -OCH3 is 1. The molecule has 22 heavy (non-hydrogen) atoms. The molecule has 0 fully saturated rings. The number of rotatable bonds is 7. The third-order valence-electron chi connectivity index (χ3n) is 2.68. The number of benzene rings is 1. The molecular weight excluding hydrogens is 312 g/mol. The van der Waals surface area contributed by atoms with Gasteiger partial charge in [0.1, 0.15) is 12.1 Å². The molecular formula is C12H14N4O5S. The molecule has 0 atom stereocenters. The zero-order chi connectivity index (χ0) is 16.0. The molecule has 0 aliphatic rings. The Bertz CT molecular complexity index is 712. The smallest absolute Gasteiger partial charge is 0.309 e. The quantitative estimate of drug-likeness (QED) is 0.528. The van der Waals surface area contributed by atoms with E-state index in [4.69, 9.17) is 4.18 Å². The van der Waals surface area contributed by atoms with Crippen molar-refractivity contribution < 1.29 is 22.1 Å². The summed E-state index contributed by atoms with van der Waals surface area (Å²) < 4.78 is 34.4. The van der Waals surface area contributed by atoms with Gasteiger partial charge in [-0.1, -0.05) is 0 Å². The zero-order valence-corrected chi connectivity index (χ0v) is 12.6. The van der Waals surface area contributed by atoms with E-state index >= 15 is 0 Å². The predicted octanol–water partition coefficient (Wildman–Crippen LogP) is 0.324. The molecule has 0 saturated heterocycles. The SMILES string of the molecule is COC(=O)CCCS(=O)(=O)Oc1ccc(-n2cnnn2)cc1. The van der Waals surface area contributed by atoms with E-state index < -0.39 is 16.1 Å². The minimum absolute atomic E-state index is 0.0251. The molecule has 10 heteroatoms. The van der Waals surface area contributed by atoms with E-state index in [-0.39, 0.29) is 24.3 Å². The van der Waals surface area contributed by atoms with Crippen molar-refractivity contribution in [2.24, 2.45) is 0 Å². The van der Waals surface area contributed by atoms with Crippen molar-refractivity contribution in [1.29, 1.82) is 0 Å². The number of hydrogen-bond donors (Lipinski definition) is 0. The van der Waals surface area contributed by atoms with Crippen LogP contribution in [-0.2, 0) is 19.6 Å². The zero-order valence-electron chi connectivity index (χ0n) is 11.7. The Morgan fingerprint density at radius 3 is 2.59 bits per heavy atom. The second kappa shape index (κ2) is 6.98. The maximum atomic E-state index is 11.8. The standard InChI is InChI=1S/C12H14N4O5S/c1-20-12(17)3-2-8-22(18,19)21-11-6-4-10(5-7-11)16-9-13-14-15-16/h4-7,9H,2-3,8H2,1H3. The van der Waals surface area contributed by atoms with Gasteiger partial charge < -0.3 is 8.92 Å². The van der Waals surface area contributed by atoms with Crippen LogP contribution in [0.3, 0.4) is 0 Å². The van der Waals surface area contributed by atoms with Crippen LogP contribution in [0.1, 0.15) is 12.8 Å². The van der Waals surface area contributed by atoms with Crippen molar-refractivity contribution in [2.45, 2.75) is 12.8 Å². The summed E-state index contributed by atoms with van der Waals surface area (Å²) in [7, 11) is -2.51. The molecule has 1 aromatic carbocycles. The number of carbonyl (C=O) groups is 1. The highest BCUT2D eigenvalue weighted by Crippen LogP contribution is 2.16. The van der Waals surface area contributed by atoms with E-state index in [0.29, 0.717) is 5.69 Å². The lowest BCUT2D eigenvalue weighted by Crippen LogP contribution is -2.15. The van der Waals surface area contributed by atoms with Crippen LogP contribution in [0.2, 0.25) is 0 Å². The normalized spacial score (nSPS) is 11.1. The maximum Gasteiger partial charge on any atom is 0.309 e. The van der Waals surface area contributed by atoms with E-state index in [2.05, 4.69) is 20.3 Å². The minimum Gasteiger partial charge on any atom is -0.469 e. The molecule has 1 heterocycles. The number of ether oxygens (including phenoxy) is 1. The summed E-state index contributed by atoms with van der Waals surface area (Å²) in [6.45, 7) is 0. The van der Waals surface area contributed by atoms with Crippen LogP contribution in [-0.4, -0.2) is 47.5 Å². The Morgan fingerprint density at radius 2 is 2.00 bits per heavy atom. The number of nitrogens with zero attached hydrogens (tertiary/aromatic N) is 4. The Balaban J connectivity index is 1.93. The van der Waals surface area contributed by atoms with Crippen LogP contribution in [0.15, 0.2) is 30.6 Å². The molecule has 0 N–H and O–H groups in total. The summed E-state index contributed by atoms with van der Waals surface area (Å²) in [4.78, 5) is 10.9. The first-order valence-electron chi connectivity index (χ1n) is 6.32. The first kappa shape index (κ1) is 15.9. The van der Waals surface area contributed by atoms with Gasteiger partial charge in [-0.05, 0) is 41.1 Å². The lowest BCUT2D eigenvalue weighted by molar-refractivity contribution is -0.140. The van der Waals surface area contributed by atoms with Gasteiger partial charge in [0.15, 0.2) is 0 Å². The van der Waals surface area contributed by atoms with E-state index in [1.807, 2.05) is 0 Å². The first-order valence-corrected chi connectivity index (χ1v) is 7.90. The number of tetrazole rings is 1. The van der Waals surface area contributed by atoms with Gasteiger partial charge in [0, 0.05) is 6.42 Å². The van der Waals surface area contributed by atoms with Crippen LogP contribution in [0, 0.1) is 0 Å². The second-order valence-electron chi connectivity index (χ2n) is 4.27. The van der Waals surface area contributed by atoms with Gasteiger partial charge in [-0.15, -0.1) is 5.10 Å². The molecule has 1 aromatic heterocycles. The molecule has 0 aliphatic carbocycles. The van der Waals surface area contributed by atoms with Crippen molar-refractivity contribution in [3.63, 3.8) is 0 Å². The topological polar surface area (TPSA) is 113 Å². The maximum absolute atomic E-state index is 11.8. The third-order valence-corrected chi connectivity index (χ3v) is 3.91. The average Bonchev–Trinajstić information content (AvgIpc) is 3.01. The molecule has 0 unspecified atom stereocenters. The summed E-state index contributed by atoms with van der Waals surface area (Å²) in [5, 5.41) is 10.7. The van der Waals surface area contributed by atoms with Gasteiger partial charge in [0.05, 0.1) is 18.6 Å². The summed E-state index contributed by atoms with van der Waals surface area (Å²) in [6, 6.07) is 6.23. The molecule has 9 nitrogen and oxygen atoms in total. The van der Waals surface area contributed by atoms with Gasteiger partial charge in [0.25, 0.3) is 0 Å². The second-order valence-corrected chi connectivity index (χ2v) is 5.96. The number of aromatic nitrogens is 4. The Kier molecular flexibility index (Phi) is 5.04.